The summed E-state index contributed by atoms with van der Waals surface area (Å²) in [6.07, 6.45) is 1.62. The number of aryl methyl sites for hydroxylation is 2. The van der Waals surface area contributed by atoms with Crippen LogP contribution in [-0.4, -0.2) is 18.0 Å². The van der Waals surface area contributed by atoms with Gasteiger partial charge in [-0.05, 0) is 73.5 Å². The summed E-state index contributed by atoms with van der Waals surface area (Å²) in [6, 6.07) is 16.7. The zero-order chi connectivity index (χ0) is 18.5. The standard InChI is InChI=1S/C21H21N3O2.ClH/c1-14-4-5-18(12-15(14)2)23-20-13-16(10-11-22-20)21(25)24-17-6-8-19(26-3)9-7-17;/h4-13H,1-3H3,(H,22,23)(H,24,25);1H. The number of anilines is 3. The lowest BCUT2D eigenvalue weighted by atomic mass is 10.1. The average molecular weight is 384 g/mol. The summed E-state index contributed by atoms with van der Waals surface area (Å²) in [5.74, 6) is 1.17. The van der Waals surface area contributed by atoms with Crippen LogP contribution in [0.3, 0.4) is 0 Å². The van der Waals surface area contributed by atoms with E-state index in [0.717, 1.165) is 11.4 Å². The number of rotatable bonds is 5. The highest BCUT2D eigenvalue weighted by atomic mass is 35.5. The molecule has 0 aliphatic carbocycles. The van der Waals surface area contributed by atoms with Crippen LogP contribution in [0.4, 0.5) is 17.2 Å². The normalized spacial score (nSPS) is 9.89. The van der Waals surface area contributed by atoms with Crippen LogP contribution >= 0.6 is 12.4 Å². The van der Waals surface area contributed by atoms with Gasteiger partial charge in [-0.2, -0.15) is 0 Å². The molecule has 140 valence electrons. The maximum atomic E-state index is 12.5. The van der Waals surface area contributed by atoms with Gasteiger partial charge in [-0.1, -0.05) is 6.07 Å². The summed E-state index contributed by atoms with van der Waals surface area (Å²) in [6.45, 7) is 4.13. The summed E-state index contributed by atoms with van der Waals surface area (Å²) < 4.78 is 5.12. The Morgan fingerprint density at radius 2 is 1.63 bits per heavy atom. The second-order valence-corrected chi connectivity index (χ2v) is 6.04. The Morgan fingerprint density at radius 1 is 0.926 bits per heavy atom. The highest BCUT2D eigenvalue weighted by Crippen LogP contribution is 2.20. The van der Waals surface area contributed by atoms with Crippen LogP contribution in [0.25, 0.3) is 0 Å². The Labute approximate surface area is 165 Å². The molecular weight excluding hydrogens is 362 g/mol. The van der Waals surface area contributed by atoms with E-state index < -0.39 is 0 Å². The second kappa shape index (κ2) is 9.05. The van der Waals surface area contributed by atoms with Gasteiger partial charge >= 0.3 is 0 Å². The predicted octanol–water partition coefficient (Wildman–Crippen LogP) is 5.12. The molecule has 3 rings (SSSR count). The van der Waals surface area contributed by atoms with Crippen molar-refractivity contribution in [1.82, 2.24) is 4.98 Å². The SMILES string of the molecule is COc1ccc(NC(=O)c2ccnc(Nc3ccc(C)c(C)c3)c2)cc1.Cl. The van der Waals surface area contributed by atoms with E-state index in [-0.39, 0.29) is 18.3 Å². The number of carbonyl (C=O) groups is 1. The molecule has 0 aliphatic heterocycles. The maximum absolute atomic E-state index is 12.5. The first-order valence-corrected chi connectivity index (χ1v) is 8.31. The number of methoxy groups -OCH3 is 1. The Morgan fingerprint density at radius 3 is 2.30 bits per heavy atom. The number of aromatic nitrogens is 1. The number of carbonyl (C=O) groups excluding carboxylic acids is 1. The Bertz CT molecular complexity index is 927. The summed E-state index contributed by atoms with van der Waals surface area (Å²) in [4.78, 5) is 16.8. The predicted molar refractivity (Wildman–Crippen MR) is 112 cm³/mol. The van der Waals surface area contributed by atoms with Crippen molar-refractivity contribution in [3.8, 4) is 5.75 Å². The molecule has 3 aromatic rings. The lowest BCUT2D eigenvalue weighted by Crippen LogP contribution is -2.12. The van der Waals surface area contributed by atoms with Gasteiger partial charge in [0.25, 0.3) is 5.91 Å². The van der Waals surface area contributed by atoms with Crippen molar-refractivity contribution >= 4 is 35.5 Å². The largest absolute Gasteiger partial charge is 0.497 e. The van der Waals surface area contributed by atoms with Gasteiger partial charge in [-0.3, -0.25) is 4.79 Å². The number of halogens is 1. The Hall–Kier alpha value is -3.05. The molecule has 0 radical (unpaired) electrons. The fourth-order valence-electron chi connectivity index (χ4n) is 2.48. The molecule has 0 atom stereocenters. The molecule has 1 aromatic heterocycles. The molecule has 0 spiro atoms. The van der Waals surface area contributed by atoms with Gasteiger partial charge in [-0.15, -0.1) is 12.4 Å². The van der Waals surface area contributed by atoms with Crippen LogP contribution in [0.5, 0.6) is 5.75 Å². The van der Waals surface area contributed by atoms with Crippen LogP contribution in [0, 0.1) is 13.8 Å². The van der Waals surface area contributed by atoms with E-state index in [9.17, 15) is 4.79 Å². The van der Waals surface area contributed by atoms with Gasteiger partial charge in [0.1, 0.15) is 11.6 Å². The third-order valence-corrected chi connectivity index (χ3v) is 4.15. The van der Waals surface area contributed by atoms with Crippen molar-refractivity contribution in [2.24, 2.45) is 0 Å². The second-order valence-electron chi connectivity index (χ2n) is 6.04. The van der Waals surface area contributed by atoms with E-state index >= 15 is 0 Å². The van der Waals surface area contributed by atoms with E-state index in [1.807, 2.05) is 6.07 Å². The number of nitrogens with one attached hydrogen (secondary N) is 2. The summed E-state index contributed by atoms with van der Waals surface area (Å²) in [7, 11) is 1.61. The fraction of sp³-hybridized carbons (Fsp3) is 0.143. The summed E-state index contributed by atoms with van der Waals surface area (Å²) in [5.41, 5.74) is 4.60. The lowest BCUT2D eigenvalue weighted by Gasteiger charge is -2.10. The molecule has 0 saturated carbocycles. The number of hydrogen-bond acceptors (Lipinski definition) is 4. The van der Waals surface area contributed by atoms with Crippen molar-refractivity contribution in [2.75, 3.05) is 17.7 Å². The van der Waals surface area contributed by atoms with Crippen LogP contribution in [0.15, 0.2) is 60.8 Å². The van der Waals surface area contributed by atoms with Crippen LogP contribution in [0.2, 0.25) is 0 Å². The molecule has 2 N–H and O–H groups in total. The minimum Gasteiger partial charge on any atom is -0.497 e. The van der Waals surface area contributed by atoms with Gasteiger partial charge in [0, 0.05) is 23.1 Å². The van der Waals surface area contributed by atoms with Gasteiger partial charge in [0.05, 0.1) is 7.11 Å². The smallest absolute Gasteiger partial charge is 0.255 e. The number of pyridine rings is 1. The number of nitrogens with zero attached hydrogens (tertiary/aromatic N) is 1. The summed E-state index contributed by atoms with van der Waals surface area (Å²) in [5, 5.41) is 6.11. The molecule has 5 nitrogen and oxygen atoms in total. The molecule has 0 aliphatic rings. The van der Waals surface area contributed by atoms with E-state index in [0.29, 0.717) is 17.1 Å². The molecule has 6 heteroatoms. The number of hydrogen-bond donors (Lipinski definition) is 2. The first kappa shape index (κ1) is 20.3. The van der Waals surface area contributed by atoms with Crippen molar-refractivity contribution in [3.63, 3.8) is 0 Å². The highest BCUT2D eigenvalue weighted by Gasteiger charge is 2.08. The Balaban J connectivity index is 0.00000261. The molecule has 0 bridgehead atoms. The maximum Gasteiger partial charge on any atom is 0.255 e. The average Bonchev–Trinajstić information content (AvgIpc) is 2.65. The van der Waals surface area contributed by atoms with Gasteiger partial charge < -0.3 is 15.4 Å². The lowest BCUT2D eigenvalue weighted by molar-refractivity contribution is 0.102. The highest BCUT2D eigenvalue weighted by molar-refractivity contribution is 6.04. The zero-order valence-corrected chi connectivity index (χ0v) is 16.3. The van der Waals surface area contributed by atoms with Crippen LogP contribution < -0.4 is 15.4 Å². The van der Waals surface area contributed by atoms with Gasteiger partial charge in [0.2, 0.25) is 0 Å². The molecular formula is C21H22ClN3O2. The Kier molecular flexibility index (Phi) is 6.79. The quantitative estimate of drug-likeness (QED) is 0.641. The first-order valence-electron chi connectivity index (χ1n) is 8.31. The topological polar surface area (TPSA) is 63.2 Å². The molecule has 0 unspecified atom stereocenters. The fourth-order valence-corrected chi connectivity index (χ4v) is 2.48. The van der Waals surface area contributed by atoms with Crippen molar-refractivity contribution < 1.29 is 9.53 Å². The van der Waals surface area contributed by atoms with E-state index in [4.69, 9.17) is 4.74 Å². The van der Waals surface area contributed by atoms with Crippen LogP contribution in [0.1, 0.15) is 21.5 Å². The van der Waals surface area contributed by atoms with E-state index in [1.165, 1.54) is 11.1 Å². The molecule has 0 fully saturated rings. The van der Waals surface area contributed by atoms with Gasteiger partial charge in [-0.25, -0.2) is 4.98 Å². The van der Waals surface area contributed by atoms with E-state index in [1.54, 1.807) is 49.7 Å². The molecule has 1 amide bonds. The van der Waals surface area contributed by atoms with Crippen molar-refractivity contribution in [1.29, 1.82) is 0 Å². The third kappa shape index (κ3) is 5.21. The third-order valence-electron chi connectivity index (χ3n) is 4.15. The zero-order valence-electron chi connectivity index (χ0n) is 15.4. The molecule has 2 aromatic carbocycles. The summed E-state index contributed by atoms with van der Waals surface area (Å²) >= 11 is 0. The monoisotopic (exact) mass is 383 g/mol. The number of amides is 1. The van der Waals surface area contributed by atoms with Crippen molar-refractivity contribution in [2.45, 2.75) is 13.8 Å². The minimum atomic E-state index is -0.194. The number of ether oxygens (including phenoxy) is 1. The van der Waals surface area contributed by atoms with E-state index in [2.05, 4.69) is 41.6 Å². The minimum absolute atomic E-state index is 0. The first-order chi connectivity index (χ1) is 12.5. The molecule has 0 saturated heterocycles. The van der Waals surface area contributed by atoms with Crippen LogP contribution in [-0.2, 0) is 0 Å². The molecule has 27 heavy (non-hydrogen) atoms. The van der Waals surface area contributed by atoms with Gasteiger partial charge in [0.15, 0.2) is 0 Å². The van der Waals surface area contributed by atoms with Crippen molar-refractivity contribution in [3.05, 3.63) is 77.5 Å². The molecule has 1 heterocycles. The number of benzene rings is 2.